The van der Waals surface area contributed by atoms with Crippen molar-refractivity contribution in [1.29, 1.82) is 0 Å². The van der Waals surface area contributed by atoms with Gasteiger partial charge < -0.3 is 10.6 Å². The summed E-state index contributed by atoms with van der Waals surface area (Å²) < 4.78 is 14.2. The molecule has 5 heteroatoms. The van der Waals surface area contributed by atoms with Gasteiger partial charge in [0.05, 0.1) is 0 Å². The summed E-state index contributed by atoms with van der Waals surface area (Å²) in [5.41, 5.74) is 0. The highest BCUT2D eigenvalue weighted by molar-refractivity contribution is 9.10. The van der Waals surface area contributed by atoms with Gasteiger partial charge in [-0.2, -0.15) is 0 Å². The Morgan fingerprint density at radius 3 is 2.53 bits per heavy atom. The summed E-state index contributed by atoms with van der Waals surface area (Å²) in [7, 11) is 1.99. The summed E-state index contributed by atoms with van der Waals surface area (Å²) in [5, 5.41) is 6.47. The number of hydrogen-bond acceptors (Lipinski definition) is 3. The Labute approximate surface area is 109 Å². The van der Waals surface area contributed by atoms with E-state index in [-0.39, 0.29) is 5.82 Å². The van der Waals surface area contributed by atoms with Crippen LogP contribution in [0.3, 0.4) is 0 Å². The van der Waals surface area contributed by atoms with Gasteiger partial charge in [0, 0.05) is 22.8 Å². The first-order valence-corrected chi connectivity index (χ1v) is 6.73. The lowest BCUT2D eigenvalue weighted by Gasteiger charge is -2.29. The topological polar surface area (TPSA) is 37.0 Å². The first-order valence-electron chi connectivity index (χ1n) is 5.94. The van der Waals surface area contributed by atoms with Gasteiger partial charge in [-0.25, -0.2) is 9.37 Å². The van der Waals surface area contributed by atoms with E-state index in [0.29, 0.717) is 22.4 Å². The van der Waals surface area contributed by atoms with Gasteiger partial charge in [-0.3, -0.25) is 0 Å². The summed E-state index contributed by atoms with van der Waals surface area (Å²) in [6, 6.07) is 2.38. The van der Waals surface area contributed by atoms with Crippen molar-refractivity contribution in [3.05, 3.63) is 22.6 Å². The smallest absolute Gasteiger partial charge is 0.166 e. The Bertz CT molecular complexity index is 378. The minimum absolute atomic E-state index is 0.296. The number of rotatable bonds is 3. The van der Waals surface area contributed by atoms with Crippen molar-refractivity contribution < 1.29 is 4.39 Å². The van der Waals surface area contributed by atoms with Gasteiger partial charge in [-0.05, 0) is 54.7 Å². The number of hydrogen-bond donors (Lipinski definition) is 2. The molecular formula is C12H17BrFN3. The molecule has 1 saturated carbocycles. The fourth-order valence-electron chi connectivity index (χ4n) is 2.24. The summed E-state index contributed by atoms with van der Waals surface area (Å²) in [5.74, 6) is 0.0659. The van der Waals surface area contributed by atoms with E-state index in [2.05, 4.69) is 31.5 Å². The van der Waals surface area contributed by atoms with E-state index in [0.717, 1.165) is 25.7 Å². The molecule has 0 aliphatic heterocycles. The molecule has 0 aromatic carbocycles. The van der Waals surface area contributed by atoms with Crippen LogP contribution in [0.1, 0.15) is 25.7 Å². The van der Waals surface area contributed by atoms with Crippen LogP contribution < -0.4 is 10.6 Å². The Balaban J connectivity index is 1.93. The van der Waals surface area contributed by atoms with Crippen LogP contribution >= 0.6 is 15.9 Å². The molecule has 0 unspecified atom stereocenters. The second-order valence-electron chi connectivity index (χ2n) is 4.47. The normalized spacial score (nSPS) is 24.6. The third kappa shape index (κ3) is 3.39. The second-order valence-corrected chi connectivity index (χ2v) is 5.38. The minimum Gasteiger partial charge on any atom is -0.365 e. The first kappa shape index (κ1) is 12.8. The van der Waals surface area contributed by atoms with Crippen molar-refractivity contribution in [1.82, 2.24) is 10.3 Å². The van der Waals surface area contributed by atoms with E-state index < -0.39 is 0 Å². The molecule has 0 spiro atoms. The molecule has 1 aliphatic rings. The predicted molar refractivity (Wildman–Crippen MR) is 70.6 cm³/mol. The zero-order chi connectivity index (χ0) is 12.3. The predicted octanol–water partition coefficient (Wildman–Crippen LogP) is 2.93. The van der Waals surface area contributed by atoms with E-state index in [1.54, 1.807) is 6.20 Å². The standard InChI is InChI=1S/C12H17BrFN3/c1-15-9-2-4-10(5-3-9)17-12-11(14)6-8(13)7-16-12/h6-7,9-10,15H,2-5H2,1H3,(H,16,17). The van der Waals surface area contributed by atoms with E-state index >= 15 is 0 Å². The minimum atomic E-state index is -0.296. The summed E-state index contributed by atoms with van der Waals surface area (Å²) >= 11 is 3.20. The van der Waals surface area contributed by atoms with Crippen LogP contribution in [-0.4, -0.2) is 24.1 Å². The van der Waals surface area contributed by atoms with Gasteiger partial charge >= 0.3 is 0 Å². The molecule has 0 radical (unpaired) electrons. The average molecular weight is 302 g/mol. The van der Waals surface area contributed by atoms with Gasteiger partial charge in [0.2, 0.25) is 0 Å². The fourth-order valence-corrected chi connectivity index (χ4v) is 2.54. The first-order chi connectivity index (χ1) is 8.19. The maximum absolute atomic E-state index is 13.6. The van der Waals surface area contributed by atoms with Crippen molar-refractivity contribution in [2.24, 2.45) is 0 Å². The Morgan fingerprint density at radius 2 is 1.94 bits per heavy atom. The highest BCUT2D eigenvalue weighted by atomic mass is 79.9. The maximum atomic E-state index is 13.6. The highest BCUT2D eigenvalue weighted by Gasteiger charge is 2.20. The molecule has 3 nitrogen and oxygen atoms in total. The Kier molecular flexibility index (Phi) is 4.34. The zero-order valence-corrected chi connectivity index (χ0v) is 11.4. The molecule has 0 bridgehead atoms. The van der Waals surface area contributed by atoms with Crippen LogP contribution in [0.15, 0.2) is 16.7 Å². The molecule has 1 fully saturated rings. The lowest BCUT2D eigenvalue weighted by Crippen LogP contribution is -2.35. The van der Waals surface area contributed by atoms with Crippen molar-refractivity contribution in [2.75, 3.05) is 12.4 Å². The monoisotopic (exact) mass is 301 g/mol. The number of nitrogens with one attached hydrogen (secondary N) is 2. The van der Waals surface area contributed by atoms with Crippen molar-refractivity contribution in [2.45, 2.75) is 37.8 Å². The van der Waals surface area contributed by atoms with Crippen LogP contribution in [-0.2, 0) is 0 Å². The third-order valence-corrected chi connectivity index (χ3v) is 3.72. The molecule has 2 N–H and O–H groups in total. The zero-order valence-electron chi connectivity index (χ0n) is 9.84. The summed E-state index contributed by atoms with van der Waals surface area (Å²) in [6.45, 7) is 0. The Hall–Kier alpha value is -0.680. The van der Waals surface area contributed by atoms with Gasteiger partial charge in [-0.15, -0.1) is 0 Å². The largest absolute Gasteiger partial charge is 0.365 e. The summed E-state index contributed by atoms with van der Waals surface area (Å²) in [4.78, 5) is 4.06. The molecule has 17 heavy (non-hydrogen) atoms. The number of nitrogens with zero attached hydrogens (tertiary/aromatic N) is 1. The molecule has 1 aliphatic carbocycles. The fraction of sp³-hybridized carbons (Fsp3) is 0.583. The lowest BCUT2D eigenvalue weighted by molar-refractivity contribution is 0.370. The van der Waals surface area contributed by atoms with E-state index in [4.69, 9.17) is 0 Å². The van der Waals surface area contributed by atoms with Crippen LogP contribution in [0, 0.1) is 5.82 Å². The van der Waals surface area contributed by atoms with Crippen molar-refractivity contribution in [3.8, 4) is 0 Å². The maximum Gasteiger partial charge on any atom is 0.166 e. The van der Waals surface area contributed by atoms with Crippen molar-refractivity contribution in [3.63, 3.8) is 0 Å². The number of halogens is 2. The quantitative estimate of drug-likeness (QED) is 0.901. The second kappa shape index (κ2) is 5.78. The number of anilines is 1. The molecular weight excluding hydrogens is 285 g/mol. The molecule has 0 saturated heterocycles. The molecule has 0 atom stereocenters. The lowest BCUT2D eigenvalue weighted by atomic mass is 9.91. The molecule has 94 valence electrons. The molecule has 1 aromatic rings. The van der Waals surface area contributed by atoms with Crippen LogP contribution in [0.4, 0.5) is 10.2 Å². The van der Waals surface area contributed by atoms with Gasteiger partial charge in [0.25, 0.3) is 0 Å². The number of pyridine rings is 1. The third-order valence-electron chi connectivity index (χ3n) is 3.28. The van der Waals surface area contributed by atoms with E-state index in [1.165, 1.54) is 6.07 Å². The molecule has 2 rings (SSSR count). The van der Waals surface area contributed by atoms with Gasteiger partial charge in [0.15, 0.2) is 11.6 Å². The summed E-state index contributed by atoms with van der Waals surface area (Å²) in [6.07, 6.45) is 5.99. The van der Waals surface area contributed by atoms with E-state index in [1.807, 2.05) is 7.05 Å². The molecule has 1 aromatic heterocycles. The van der Waals surface area contributed by atoms with Crippen LogP contribution in [0.25, 0.3) is 0 Å². The van der Waals surface area contributed by atoms with Crippen LogP contribution in [0.5, 0.6) is 0 Å². The van der Waals surface area contributed by atoms with Gasteiger partial charge in [0.1, 0.15) is 0 Å². The molecule has 0 amide bonds. The molecule has 1 heterocycles. The van der Waals surface area contributed by atoms with Crippen molar-refractivity contribution >= 4 is 21.7 Å². The SMILES string of the molecule is CNC1CCC(Nc2ncc(Br)cc2F)CC1. The Morgan fingerprint density at radius 1 is 1.29 bits per heavy atom. The van der Waals surface area contributed by atoms with Gasteiger partial charge in [-0.1, -0.05) is 0 Å². The van der Waals surface area contributed by atoms with E-state index in [9.17, 15) is 4.39 Å². The highest BCUT2D eigenvalue weighted by Crippen LogP contribution is 2.23. The average Bonchev–Trinajstić information content (AvgIpc) is 2.34. The number of aromatic nitrogens is 1. The van der Waals surface area contributed by atoms with Crippen LogP contribution in [0.2, 0.25) is 0 Å².